The molecular formula is C31H22ClFN4O4. The Balaban J connectivity index is 1.64. The van der Waals surface area contributed by atoms with Crippen LogP contribution in [0, 0.1) is 17.1 Å². The quantitative estimate of drug-likeness (QED) is 0.176. The van der Waals surface area contributed by atoms with Gasteiger partial charge in [-0.15, -0.1) is 10.2 Å². The van der Waals surface area contributed by atoms with Crippen molar-refractivity contribution in [1.29, 1.82) is 5.26 Å². The fourth-order valence-corrected chi connectivity index (χ4v) is 4.75. The van der Waals surface area contributed by atoms with E-state index in [9.17, 15) is 29.8 Å². The van der Waals surface area contributed by atoms with Crippen LogP contribution >= 0.6 is 11.6 Å². The summed E-state index contributed by atoms with van der Waals surface area (Å²) >= 11 is 6.28. The SMILES string of the molecule is CC(C)c1ccc(-n2c(O)c(N=Nc3cc(Cl)cc(-c4ccc(F)c(C(=O)O)c4)c3O)c3ccc(C#N)cc32)cc1. The monoisotopic (exact) mass is 568 g/mol. The number of nitriles is 1. The Hall–Kier alpha value is -5.20. The molecule has 41 heavy (non-hydrogen) atoms. The van der Waals surface area contributed by atoms with Gasteiger partial charge in [-0.25, -0.2) is 9.18 Å². The number of aromatic hydroxyl groups is 2. The Labute approximate surface area is 238 Å². The number of fused-ring (bicyclic) bond motifs is 1. The highest BCUT2D eigenvalue weighted by Crippen LogP contribution is 2.45. The predicted molar refractivity (Wildman–Crippen MR) is 153 cm³/mol. The molecule has 0 aliphatic heterocycles. The number of phenols is 1. The molecule has 0 unspecified atom stereocenters. The van der Waals surface area contributed by atoms with E-state index in [0.717, 1.165) is 17.7 Å². The van der Waals surface area contributed by atoms with Crippen molar-refractivity contribution < 1.29 is 24.5 Å². The number of carbonyl (C=O) groups is 1. The van der Waals surface area contributed by atoms with Gasteiger partial charge in [0.15, 0.2) is 11.4 Å². The highest BCUT2D eigenvalue weighted by Gasteiger charge is 2.20. The standard InChI is InChI=1S/C31H22ClFN4O4/c1-16(2)18-4-7-21(8-5-18)37-27-11-17(15-34)3-9-22(27)28(30(37)39)36-35-26-14-20(32)13-23(29(26)38)19-6-10-25(33)24(12-19)31(40)41/h3-14,16,38-39H,1-2H3,(H,40,41). The molecule has 204 valence electrons. The highest BCUT2D eigenvalue weighted by atomic mass is 35.5. The van der Waals surface area contributed by atoms with Gasteiger partial charge in [-0.3, -0.25) is 4.57 Å². The van der Waals surface area contributed by atoms with Gasteiger partial charge in [0.05, 0.1) is 22.7 Å². The summed E-state index contributed by atoms with van der Waals surface area (Å²) < 4.78 is 15.5. The predicted octanol–water partition coefficient (Wildman–Crippen LogP) is 8.61. The molecule has 0 radical (unpaired) electrons. The van der Waals surface area contributed by atoms with Crippen LogP contribution in [0.25, 0.3) is 27.7 Å². The number of carboxylic acids is 1. The summed E-state index contributed by atoms with van der Waals surface area (Å²) in [5, 5.41) is 50.1. The molecule has 0 spiro atoms. The minimum Gasteiger partial charge on any atom is -0.505 e. The molecule has 10 heteroatoms. The smallest absolute Gasteiger partial charge is 0.338 e. The summed E-state index contributed by atoms with van der Waals surface area (Å²) in [6, 6.07) is 20.7. The maximum absolute atomic E-state index is 14.0. The van der Waals surface area contributed by atoms with E-state index in [2.05, 4.69) is 30.1 Å². The second kappa shape index (κ2) is 10.8. The first-order valence-corrected chi connectivity index (χ1v) is 12.8. The molecule has 0 saturated heterocycles. The van der Waals surface area contributed by atoms with Crippen LogP contribution in [-0.2, 0) is 0 Å². The topological polar surface area (TPSA) is 131 Å². The third-order valence-electron chi connectivity index (χ3n) is 6.68. The van der Waals surface area contributed by atoms with E-state index in [1.54, 1.807) is 22.8 Å². The summed E-state index contributed by atoms with van der Waals surface area (Å²) in [5.74, 6) is -2.68. The number of aromatic nitrogens is 1. The van der Waals surface area contributed by atoms with E-state index < -0.39 is 17.3 Å². The Kier molecular flexibility index (Phi) is 7.18. The van der Waals surface area contributed by atoms with Gasteiger partial charge in [-0.2, -0.15) is 5.26 Å². The molecule has 0 atom stereocenters. The van der Waals surface area contributed by atoms with Gasteiger partial charge in [0.25, 0.3) is 0 Å². The zero-order valence-corrected chi connectivity index (χ0v) is 22.6. The maximum Gasteiger partial charge on any atom is 0.338 e. The van der Waals surface area contributed by atoms with Crippen molar-refractivity contribution in [3.63, 3.8) is 0 Å². The summed E-state index contributed by atoms with van der Waals surface area (Å²) in [6.07, 6.45) is 0. The zero-order valence-electron chi connectivity index (χ0n) is 21.8. The molecule has 4 aromatic carbocycles. The number of phenolic OH excluding ortho intramolecular Hbond substituents is 1. The first-order valence-electron chi connectivity index (χ1n) is 12.4. The van der Waals surface area contributed by atoms with Crippen molar-refractivity contribution in [1.82, 2.24) is 4.57 Å². The molecular weight excluding hydrogens is 547 g/mol. The molecule has 3 N–H and O–H groups in total. The van der Waals surface area contributed by atoms with Crippen LogP contribution in [-0.4, -0.2) is 25.9 Å². The number of halogens is 2. The van der Waals surface area contributed by atoms with E-state index in [4.69, 9.17) is 11.6 Å². The van der Waals surface area contributed by atoms with Crippen molar-refractivity contribution in [3.8, 4) is 34.5 Å². The number of hydrogen-bond acceptors (Lipinski definition) is 6. The van der Waals surface area contributed by atoms with Crippen LogP contribution in [0.4, 0.5) is 15.8 Å². The molecule has 1 aromatic heterocycles. The van der Waals surface area contributed by atoms with E-state index >= 15 is 0 Å². The van der Waals surface area contributed by atoms with Crippen LogP contribution in [0.15, 0.2) is 83.0 Å². The molecule has 0 amide bonds. The minimum atomic E-state index is -1.46. The maximum atomic E-state index is 14.0. The van der Waals surface area contributed by atoms with Crippen molar-refractivity contribution >= 4 is 39.8 Å². The fraction of sp³-hybridized carbons (Fsp3) is 0.0968. The second-order valence-electron chi connectivity index (χ2n) is 9.62. The van der Waals surface area contributed by atoms with Crippen LogP contribution in [0.2, 0.25) is 5.02 Å². The van der Waals surface area contributed by atoms with E-state index in [1.165, 1.54) is 18.2 Å². The average molecular weight is 569 g/mol. The first-order chi connectivity index (χ1) is 19.6. The first kappa shape index (κ1) is 27.4. The largest absolute Gasteiger partial charge is 0.505 e. The van der Waals surface area contributed by atoms with Gasteiger partial charge in [0.1, 0.15) is 11.5 Å². The number of aromatic carboxylic acids is 1. The molecule has 1 heterocycles. The number of rotatable bonds is 6. The number of hydrogen-bond donors (Lipinski definition) is 3. The van der Waals surface area contributed by atoms with E-state index in [0.29, 0.717) is 28.1 Å². The summed E-state index contributed by atoms with van der Waals surface area (Å²) in [5.41, 5.74) is 2.45. The highest BCUT2D eigenvalue weighted by molar-refractivity contribution is 6.31. The lowest BCUT2D eigenvalue weighted by Crippen LogP contribution is -2.00. The summed E-state index contributed by atoms with van der Waals surface area (Å²) in [7, 11) is 0. The van der Waals surface area contributed by atoms with Crippen LogP contribution in [0.1, 0.15) is 41.3 Å². The van der Waals surface area contributed by atoms with Gasteiger partial charge < -0.3 is 15.3 Å². The third-order valence-corrected chi connectivity index (χ3v) is 6.90. The van der Waals surface area contributed by atoms with Crippen molar-refractivity contribution in [2.45, 2.75) is 19.8 Å². The van der Waals surface area contributed by atoms with E-state index in [-0.39, 0.29) is 39.2 Å². The minimum absolute atomic E-state index is 0.0658. The number of nitrogens with zero attached hydrogens (tertiary/aromatic N) is 4. The van der Waals surface area contributed by atoms with Gasteiger partial charge in [-0.1, -0.05) is 43.6 Å². The van der Waals surface area contributed by atoms with Gasteiger partial charge in [0.2, 0.25) is 5.88 Å². The zero-order chi connectivity index (χ0) is 29.4. The lowest BCUT2D eigenvalue weighted by Gasteiger charge is -2.10. The van der Waals surface area contributed by atoms with Gasteiger partial charge in [0, 0.05) is 21.7 Å². The van der Waals surface area contributed by atoms with Crippen molar-refractivity contribution in [2.75, 3.05) is 0 Å². The van der Waals surface area contributed by atoms with Gasteiger partial charge in [-0.05, 0) is 71.6 Å². The Morgan fingerprint density at radius 2 is 1.73 bits per heavy atom. The molecule has 0 fully saturated rings. The molecule has 0 aliphatic rings. The fourth-order valence-electron chi connectivity index (χ4n) is 4.54. The van der Waals surface area contributed by atoms with Crippen LogP contribution < -0.4 is 0 Å². The van der Waals surface area contributed by atoms with Crippen LogP contribution in [0.3, 0.4) is 0 Å². The molecule has 8 nitrogen and oxygen atoms in total. The Morgan fingerprint density at radius 3 is 2.39 bits per heavy atom. The van der Waals surface area contributed by atoms with Crippen molar-refractivity contribution in [2.24, 2.45) is 10.2 Å². The Morgan fingerprint density at radius 1 is 1.00 bits per heavy atom. The molecule has 5 aromatic rings. The summed E-state index contributed by atoms with van der Waals surface area (Å²) in [6.45, 7) is 4.15. The van der Waals surface area contributed by atoms with Crippen LogP contribution in [0.5, 0.6) is 11.6 Å². The lowest BCUT2D eigenvalue weighted by molar-refractivity contribution is 0.0692. The molecule has 0 bridgehead atoms. The number of carboxylic acid groups (broad SMARTS) is 1. The Bertz CT molecular complexity index is 1910. The second-order valence-corrected chi connectivity index (χ2v) is 10.1. The third kappa shape index (κ3) is 5.09. The van der Waals surface area contributed by atoms with E-state index in [1.807, 2.05) is 24.3 Å². The van der Waals surface area contributed by atoms with Crippen molar-refractivity contribution in [3.05, 3.63) is 100 Å². The summed E-state index contributed by atoms with van der Waals surface area (Å²) in [4.78, 5) is 11.4. The number of benzene rings is 4. The molecule has 0 saturated carbocycles. The lowest BCUT2D eigenvalue weighted by atomic mass is 10.0. The molecule has 0 aliphatic carbocycles. The van der Waals surface area contributed by atoms with Gasteiger partial charge >= 0.3 is 5.97 Å². The molecule has 5 rings (SSSR count). The number of azo groups is 1. The normalized spacial score (nSPS) is 11.4. The average Bonchev–Trinajstić information content (AvgIpc) is 3.23.